The van der Waals surface area contributed by atoms with Gasteiger partial charge in [0.05, 0.1) is 12.4 Å². The van der Waals surface area contributed by atoms with Gasteiger partial charge in [0, 0.05) is 49.8 Å². The molecule has 5 nitrogen and oxygen atoms in total. The lowest BCUT2D eigenvalue weighted by Crippen LogP contribution is -2.48. The number of hydrogen-bond acceptors (Lipinski definition) is 4. The quantitative estimate of drug-likeness (QED) is 0.862. The molecule has 1 aliphatic carbocycles. The molecule has 2 aliphatic rings. The van der Waals surface area contributed by atoms with Crippen LogP contribution in [0.1, 0.15) is 25.7 Å². The third kappa shape index (κ3) is 4.07. The van der Waals surface area contributed by atoms with E-state index in [9.17, 15) is 9.50 Å². The van der Waals surface area contributed by atoms with E-state index in [4.69, 9.17) is 0 Å². The van der Waals surface area contributed by atoms with Crippen LogP contribution in [0.3, 0.4) is 0 Å². The Morgan fingerprint density at radius 3 is 2.62 bits per heavy atom. The van der Waals surface area contributed by atoms with Crippen molar-refractivity contribution in [1.29, 1.82) is 0 Å². The molecule has 1 saturated heterocycles. The molecule has 2 N–H and O–H groups in total. The second-order valence-corrected chi connectivity index (χ2v) is 7.68. The number of imidazole rings is 1. The maximum Gasteiger partial charge on any atom is 0.123 e. The molecule has 6 heteroatoms. The van der Waals surface area contributed by atoms with Crippen LogP contribution < -0.4 is 10.2 Å². The minimum Gasteiger partial charge on any atom is -0.391 e. The first kappa shape index (κ1) is 17.5. The summed E-state index contributed by atoms with van der Waals surface area (Å²) in [6.45, 7) is 2.85. The lowest BCUT2D eigenvalue weighted by Gasteiger charge is -2.35. The fourth-order valence-electron chi connectivity index (χ4n) is 4.40. The molecule has 4 rings (SSSR count). The van der Waals surface area contributed by atoms with E-state index in [2.05, 4.69) is 19.8 Å². The van der Waals surface area contributed by atoms with Crippen LogP contribution in [0, 0.1) is 11.7 Å². The minimum atomic E-state index is -0.265. The van der Waals surface area contributed by atoms with E-state index in [0.717, 1.165) is 51.0 Å². The summed E-state index contributed by atoms with van der Waals surface area (Å²) in [5.41, 5.74) is 1.09. The molecule has 0 radical (unpaired) electrons. The van der Waals surface area contributed by atoms with Crippen LogP contribution in [0.15, 0.2) is 43.0 Å². The molecule has 26 heavy (non-hydrogen) atoms. The van der Waals surface area contributed by atoms with Crippen molar-refractivity contribution < 1.29 is 9.50 Å². The van der Waals surface area contributed by atoms with Gasteiger partial charge >= 0.3 is 0 Å². The van der Waals surface area contributed by atoms with Crippen molar-refractivity contribution in [2.45, 2.75) is 50.4 Å². The van der Waals surface area contributed by atoms with Gasteiger partial charge in [0.25, 0.3) is 0 Å². The van der Waals surface area contributed by atoms with Crippen molar-refractivity contribution in [3.8, 4) is 0 Å². The highest BCUT2D eigenvalue weighted by Crippen LogP contribution is 2.29. The number of halogens is 1. The third-order valence-electron chi connectivity index (χ3n) is 5.79. The molecule has 3 atom stereocenters. The summed E-state index contributed by atoms with van der Waals surface area (Å²) < 4.78 is 15.2. The van der Waals surface area contributed by atoms with Gasteiger partial charge in [0.2, 0.25) is 0 Å². The molecule has 1 aliphatic heterocycles. The number of aromatic nitrogens is 2. The Bertz CT molecular complexity index is 682. The fraction of sp³-hybridized carbons (Fsp3) is 0.550. The van der Waals surface area contributed by atoms with Gasteiger partial charge in [0.15, 0.2) is 0 Å². The normalized spacial score (nSPS) is 27.2. The number of piperidine rings is 1. The number of anilines is 1. The molecule has 2 fully saturated rings. The van der Waals surface area contributed by atoms with E-state index in [0.29, 0.717) is 12.0 Å². The highest BCUT2D eigenvalue weighted by molar-refractivity contribution is 5.46. The zero-order valence-corrected chi connectivity index (χ0v) is 15.0. The van der Waals surface area contributed by atoms with E-state index in [1.54, 1.807) is 6.20 Å². The van der Waals surface area contributed by atoms with Crippen LogP contribution in [-0.2, 0) is 6.54 Å². The monoisotopic (exact) mass is 358 g/mol. The zero-order valence-electron chi connectivity index (χ0n) is 15.0. The molecule has 1 saturated carbocycles. The lowest BCUT2D eigenvalue weighted by molar-refractivity contribution is 0.137. The molecule has 2 heterocycles. The van der Waals surface area contributed by atoms with Gasteiger partial charge < -0.3 is 19.9 Å². The van der Waals surface area contributed by atoms with Gasteiger partial charge in [-0.1, -0.05) is 0 Å². The highest BCUT2D eigenvalue weighted by atomic mass is 19.1. The molecule has 140 valence electrons. The van der Waals surface area contributed by atoms with Crippen LogP contribution >= 0.6 is 0 Å². The van der Waals surface area contributed by atoms with Gasteiger partial charge in [0.1, 0.15) is 5.82 Å². The Balaban J connectivity index is 1.25. The average Bonchev–Trinajstić information content (AvgIpc) is 3.27. The predicted molar refractivity (Wildman–Crippen MR) is 99.5 cm³/mol. The summed E-state index contributed by atoms with van der Waals surface area (Å²) >= 11 is 0. The van der Waals surface area contributed by atoms with E-state index in [-0.39, 0.29) is 18.0 Å². The van der Waals surface area contributed by atoms with Crippen molar-refractivity contribution >= 4 is 5.69 Å². The number of nitrogens with one attached hydrogen (secondary N) is 1. The molecule has 0 bridgehead atoms. The second-order valence-electron chi connectivity index (χ2n) is 7.68. The average molecular weight is 358 g/mol. The fourth-order valence-corrected chi connectivity index (χ4v) is 4.40. The maximum atomic E-state index is 13.1. The number of hydrogen-bond donors (Lipinski definition) is 2. The van der Waals surface area contributed by atoms with E-state index in [1.807, 2.05) is 24.7 Å². The minimum absolute atomic E-state index is 0.186. The van der Waals surface area contributed by atoms with E-state index < -0.39 is 0 Å². The second kappa shape index (κ2) is 7.76. The lowest BCUT2D eigenvalue weighted by atomic mass is 10.0. The highest BCUT2D eigenvalue weighted by Gasteiger charge is 2.34. The van der Waals surface area contributed by atoms with Gasteiger partial charge in [-0.15, -0.1) is 0 Å². The third-order valence-corrected chi connectivity index (χ3v) is 5.79. The first-order valence-electron chi connectivity index (χ1n) is 9.58. The number of benzene rings is 1. The molecule has 1 aromatic heterocycles. The van der Waals surface area contributed by atoms with Crippen LogP contribution in [-0.4, -0.2) is 45.9 Å². The van der Waals surface area contributed by atoms with Crippen LogP contribution in [0.4, 0.5) is 10.1 Å². The number of aliphatic hydroxyl groups excluding tert-OH is 1. The zero-order chi connectivity index (χ0) is 17.9. The van der Waals surface area contributed by atoms with Crippen molar-refractivity contribution in [2.75, 3.05) is 18.0 Å². The van der Waals surface area contributed by atoms with E-state index in [1.165, 1.54) is 12.1 Å². The molecule has 2 aromatic rings. The Morgan fingerprint density at radius 1 is 1.15 bits per heavy atom. The van der Waals surface area contributed by atoms with Crippen LogP contribution in [0.2, 0.25) is 0 Å². The van der Waals surface area contributed by atoms with Crippen LogP contribution in [0.5, 0.6) is 0 Å². The van der Waals surface area contributed by atoms with Crippen molar-refractivity contribution in [3.63, 3.8) is 0 Å². The molecule has 0 spiro atoms. The Morgan fingerprint density at radius 2 is 1.92 bits per heavy atom. The van der Waals surface area contributed by atoms with Crippen molar-refractivity contribution in [1.82, 2.24) is 14.9 Å². The molecule has 1 unspecified atom stereocenters. The SMILES string of the molecule is O[C@@H]1CC(Cn2ccnc2)C[C@H]1NC1CCN(c2ccc(F)cc2)CC1. The van der Waals surface area contributed by atoms with Gasteiger partial charge in [-0.3, -0.25) is 0 Å². The van der Waals surface area contributed by atoms with Crippen molar-refractivity contribution in [2.24, 2.45) is 5.92 Å². The maximum absolute atomic E-state index is 13.1. The Labute approximate surface area is 153 Å². The summed E-state index contributed by atoms with van der Waals surface area (Å²) in [5.74, 6) is 0.307. The first-order chi connectivity index (χ1) is 12.7. The van der Waals surface area contributed by atoms with Crippen molar-refractivity contribution in [3.05, 3.63) is 48.8 Å². The molecular formula is C20H27FN4O. The largest absolute Gasteiger partial charge is 0.391 e. The van der Waals surface area contributed by atoms with Gasteiger partial charge in [-0.05, 0) is 55.9 Å². The Hall–Kier alpha value is -1.92. The predicted octanol–water partition coefficient (Wildman–Crippen LogP) is 2.42. The molecular weight excluding hydrogens is 331 g/mol. The summed E-state index contributed by atoms with van der Waals surface area (Å²) in [6, 6.07) is 7.38. The molecule has 0 amide bonds. The molecule has 1 aromatic carbocycles. The summed E-state index contributed by atoms with van der Waals surface area (Å²) in [6.07, 6.45) is 9.33. The van der Waals surface area contributed by atoms with E-state index >= 15 is 0 Å². The number of rotatable bonds is 5. The standard InChI is InChI=1S/C20H27FN4O/c21-16-1-3-18(4-2-16)25-8-5-17(6-9-25)23-19-11-15(12-20(19)26)13-24-10-7-22-14-24/h1-4,7,10,14-15,17,19-20,23,26H,5-6,8-9,11-13H2/t15?,19-,20-/m1/s1. The Kier molecular flexibility index (Phi) is 5.22. The van der Waals surface area contributed by atoms with Gasteiger partial charge in [-0.25, -0.2) is 9.37 Å². The number of nitrogens with zero attached hydrogens (tertiary/aromatic N) is 3. The summed E-state index contributed by atoms with van der Waals surface area (Å²) in [7, 11) is 0. The first-order valence-corrected chi connectivity index (χ1v) is 9.58. The van der Waals surface area contributed by atoms with Crippen LogP contribution in [0.25, 0.3) is 0 Å². The summed E-state index contributed by atoms with van der Waals surface area (Å²) in [5, 5.41) is 14.1. The smallest absolute Gasteiger partial charge is 0.123 e. The topological polar surface area (TPSA) is 53.3 Å². The number of aliphatic hydroxyl groups is 1. The summed E-state index contributed by atoms with van der Waals surface area (Å²) in [4.78, 5) is 6.40. The van der Waals surface area contributed by atoms with Gasteiger partial charge in [-0.2, -0.15) is 0 Å².